The number of benzene rings is 2. The van der Waals surface area contributed by atoms with E-state index in [0.717, 1.165) is 23.5 Å². The maximum Gasteiger partial charge on any atom is 0.122 e. The van der Waals surface area contributed by atoms with Crippen molar-refractivity contribution in [3.05, 3.63) is 59.7 Å². The third-order valence-electron chi connectivity index (χ3n) is 4.21. The lowest BCUT2D eigenvalue weighted by atomic mass is 9.82. The first-order valence-electron chi connectivity index (χ1n) is 8.19. The van der Waals surface area contributed by atoms with Crippen LogP contribution in [-0.4, -0.2) is 24.6 Å². The highest BCUT2D eigenvalue weighted by Crippen LogP contribution is 2.28. The van der Waals surface area contributed by atoms with Crippen LogP contribution in [0.5, 0.6) is 11.5 Å². The fraction of sp³-hybridized carbons (Fsp3) is 0.350. The summed E-state index contributed by atoms with van der Waals surface area (Å²) in [7, 11) is 0. The van der Waals surface area contributed by atoms with Crippen LogP contribution in [-0.2, 0) is 5.41 Å². The Labute approximate surface area is 143 Å². The molecule has 0 amide bonds. The fourth-order valence-corrected chi connectivity index (χ4v) is 2.28. The molecule has 0 radical (unpaired) electrons. The Morgan fingerprint density at radius 2 is 1.67 bits per heavy atom. The predicted molar refractivity (Wildman–Crippen MR) is 96.6 cm³/mol. The van der Waals surface area contributed by atoms with Gasteiger partial charge in [0.2, 0.25) is 0 Å². The molecule has 0 aromatic heterocycles. The van der Waals surface area contributed by atoms with E-state index in [2.05, 4.69) is 38.1 Å². The number of ether oxygens (including phenoxy) is 2. The summed E-state index contributed by atoms with van der Waals surface area (Å²) >= 11 is 0. The number of oxime groups is 1. The summed E-state index contributed by atoms with van der Waals surface area (Å²) < 4.78 is 11.4. The Balaban J connectivity index is 1.81. The van der Waals surface area contributed by atoms with E-state index in [1.807, 2.05) is 30.3 Å². The van der Waals surface area contributed by atoms with Gasteiger partial charge in [0.1, 0.15) is 24.7 Å². The standard InChI is InChI=1S/C20H25NO3/c1-4-20(2,3)17-8-10-18(11-9-17)23-12-13-24-19-7-5-6-16(14-19)15-21-22/h5-11,14-15,22H,4,12-13H2,1-3H3. The van der Waals surface area contributed by atoms with Crippen LogP contribution in [0.25, 0.3) is 0 Å². The highest BCUT2D eigenvalue weighted by atomic mass is 16.5. The summed E-state index contributed by atoms with van der Waals surface area (Å²) in [5.74, 6) is 1.56. The van der Waals surface area contributed by atoms with Gasteiger partial charge in [-0.3, -0.25) is 0 Å². The van der Waals surface area contributed by atoms with E-state index in [9.17, 15) is 0 Å². The SMILES string of the molecule is CCC(C)(C)c1ccc(OCCOc2cccc(C=NO)c2)cc1. The minimum Gasteiger partial charge on any atom is -0.490 e. The second kappa shape index (κ2) is 8.39. The van der Waals surface area contributed by atoms with E-state index in [4.69, 9.17) is 14.7 Å². The zero-order valence-corrected chi connectivity index (χ0v) is 14.5. The second-order valence-corrected chi connectivity index (χ2v) is 6.28. The van der Waals surface area contributed by atoms with Crippen molar-refractivity contribution in [2.24, 2.45) is 5.16 Å². The van der Waals surface area contributed by atoms with Crippen LogP contribution in [0.3, 0.4) is 0 Å². The molecular formula is C20H25NO3. The van der Waals surface area contributed by atoms with Crippen LogP contribution >= 0.6 is 0 Å². The van der Waals surface area contributed by atoms with E-state index >= 15 is 0 Å². The summed E-state index contributed by atoms with van der Waals surface area (Å²) in [6, 6.07) is 15.6. The maximum absolute atomic E-state index is 8.54. The smallest absolute Gasteiger partial charge is 0.122 e. The average Bonchev–Trinajstić information content (AvgIpc) is 2.60. The van der Waals surface area contributed by atoms with E-state index < -0.39 is 0 Å². The van der Waals surface area contributed by atoms with Gasteiger partial charge in [0, 0.05) is 0 Å². The van der Waals surface area contributed by atoms with Crippen LogP contribution in [0.2, 0.25) is 0 Å². The second-order valence-electron chi connectivity index (χ2n) is 6.28. The van der Waals surface area contributed by atoms with E-state index in [1.54, 1.807) is 6.07 Å². The predicted octanol–water partition coefficient (Wildman–Crippen LogP) is 4.64. The molecule has 0 aliphatic rings. The molecule has 0 fully saturated rings. The molecule has 0 bridgehead atoms. The lowest BCUT2D eigenvalue weighted by Crippen LogP contribution is -2.15. The van der Waals surface area contributed by atoms with Gasteiger partial charge in [-0.25, -0.2) is 0 Å². The summed E-state index contributed by atoms with van der Waals surface area (Å²) in [5.41, 5.74) is 2.28. The molecule has 2 aromatic rings. The average molecular weight is 327 g/mol. The molecule has 0 saturated carbocycles. The molecule has 2 rings (SSSR count). The number of rotatable bonds is 8. The lowest BCUT2D eigenvalue weighted by molar-refractivity contribution is 0.217. The third-order valence-corrected chi connectivity index (χ3v) is 4.21. The molecule has 0 unspecified atom stereocenters. The highest BCUT2D eigenvalue weighted by Gasteiger charge is 2.17. The van der Waals surface area contributed by atoms with Gasteiger partial charge in [-0.1, -0.05) is 50.2 Å². The minimum atomic E-state index is 0.185. The van der Waals surface area contributed by atoms with Crippen molar-refractivity contribution in [3.63, 3.8) is 0 Å². The largest absolute Gasteiger partial charge is 0.490 e. The molecule has 0 heterocycles. The Morgan fingerprint density at radius 3 is 2.29 bits per heavy atom. The van der Waals surface area contributed by atoms with Crippen LogP contribution in [0.1, 0.15) is 38.3 Å². The van der Waals surface area contributed by atoms with Gasteiger partial charge in [0.05, 0.1) is 6.21 Å². The van der Waals surface area contributed by atoms with Crippen molar-refractivity contribution in [1.82, 2.24) is 0 Å². The first kappa shape index (κ1) is 17.9. The molecule has 4 heteroatoms. The first-order valence-corrected chi connectivity index (χ1v) is 8.19. The Hall–Kier alpha value is -2.49. The van der Waals surface area contributed by atoms with Crippen molar-refractivity contribution in [3.8, 4) is 11.5 Å². The molecule has 0 aliphatic carbocycles. The fourth-order valence-electron chi connectivity index (χ4n) is 2.28. The summed E-state index contributed by atoms with van der Waals surface area (Å²) in [6.45, 7) is 7.60. The maximum atomic E-state index is 8.54. The molecule has 1 N–H and O–H groups in total. The zero-order valence-electron chi connectivity index (χ0n) is 14.5. The topological polar surface area (TPSA) is 51.0 Å². The number of hydrogen-bond acceptors (Lipinski definition) is 4. The summed E-state index contributed by atoms with van der Waals surface area (Å²) in [4.78, 5) is 0. The Kier molecular flexibility index (Phi) is 6.24. The van der Waals surface area contributed by atoms with Crippen molar-refractivity contribution >= 4 is 6.21 Å². The molecule has 2 aromatic carbocycles. The van der Waals surface area contributed by atoms with Crippen molar-refractivity contribution in [2.45, 2.75) is 32.6 Å². The van der Waals surface area contributed by atoms with Crippen LogP contribution in [0, 0.1) is 0 Å². The van der Waals surface area contributed by atoms with Crippen LogP contribution in [0.15, 0.2) is 53.7 Å². The van der Waals surface area contributed by atoms with Gasteiger partial charge in [0.15, 0.2) is 0 Å². The van der Waals surface area contributed by atoms with Crippen LogP contribution < -0.4 is 9.47 Å². The molecule has 0 atom stereocenters. The van der Waals surface area contributed by atoms with Gasteiger partial charge in [-0.05, 0) is 47.2 Å². The number of hydrogen-bond donors (Lipinski definition) is 1. The first-order chi connectivity index (χ1) is 11.5. The normalized spacial score (nSPS) is 11.6. The zero-order chi connectivity index (χ0) is 17.4. The van der Waals surface area contributed by atoms with Gasteiger partial charge in [0.25, 0.3) is 0 Å². The Bertz CT molecular complexity index is 663. The summed E-state index contributed by atoms with van der Waals surface area (Å²) in [5, 5.41) is 11.6. The van der Waals surface area contributed by atoms with E-state index in [0.29, 0.717) is 13.2 Å². The quantitative estimate of drug-likeness (QED) is 0.332. The monoisotopic (exact) mass is 327 g/mol. The van der Waals surface area contributed by atoms with Gasteiger partial charge in [-0.2, -0.15) is 0 Å². The Morgan fingerprint density at radius 1 is 1.00 bits per heavy atom. The van der Waals surface area contributed by atoms with Gasteiger partial charge < -0.3 is 14.7 Å². The van der Waals surface area contributed by atoms with Crippen LogP contribution in [0.4, 0.5) is 0 Å². The minimum absolute atomic E-state index is 0.185. The number of nitrogens with zero attached hydrogens (tertiary/aromatic N) is 1. The summed E-state index contributed by atoms with van der Waals surface area (Å²) in [6.07, 6.45) is 2.46. The van der Waals surface area contributed by atoms with Gasteiger partial charge >= 0.3 is 0 Å². The lowest BCUT2D eigenvalue weighted by Gasteiger charge is -2.23. The van der Waals surface area contributed by atoms with Crippen molar-refractivity contribution < 1.29 is 14.7 Å². The molecule has 4 nitrogen and oxygen atoms in total. The molecular weight excluding hydrogens is 302 g/mol. The van der Waals surface area contributed by atoms with E-state index in [1.165, 1.54) is 11.8 Å². The molecule has 0 spiro atoms. The third kappa shape index (κ3) is 5.01. The molecule has 128 valence electrons. The van der Waals surface area contributed by atoms with Gasteiger partial charge in [-0.15, -0.1) is 0 Å². The molecule has 24 heavy (non-hydrogen) atoms. The van der Waals surface area contributed by atoms with Crippen molar-refractivity contribution in [2.75, 3.05) is 13.2 Å². The van der Waals surface area contributed by atoms with E-state index in [-0.39, 0.29) is 5.41 Å². The molecule has 0 saturated heterocycles. The molecule has 0 aliphatic heterocycles. The van der Waals surface area contributed by atoms with Crippen molar-refractivity contribution in [1.29, 1.82) is 0 Å². The highest BCUT2D eigenvalue weighted by molar-refractivity contribution is 5.79.